The lowest BCUT2D eigenvalue weighted by molar-refractivity contribution is -0.144. The van der Waals surface area contributed by atoms with Gasteiger partial charge in [0.05, 0.1) is 12.2 Å². The summed E-state index contributed by atoms with van der Waals surface area (Å²) < 4.78 is 10.0. The van der Waals surface area contributed by atoms with Crippen molar-refractivity contribution in [1.82, 2.24) is 0 Å². The van der Waals surface area contributed by atoms with Crippen LogP contribution in [-0.2, 0) is 9.47 Å². The summed E-state index contributed by atoms with van der Waals surface area (Å²) in [5.41, 5.74) is 8.26. The number of aliphatic hydroxyl groups is 2. The fourth-order valence-corrected chi connectivity index (χ4v) is 1.45. The van der Waals surface area contributed by atoms with Crippen LogP contribution in [0, 0.1) is 0 Å². The number of ether oxygens (including phenoxy) is 2. The van der Waals surface area contributed by atoms with Gasteiger partial charge in [0.15, 0.2) is 6.29 Å². The zero-order valence-electron chi connectivity index (χ0n) is 7.94. The van der Waals surface area contributed by atoms with Crippen LogP contribution in [0.4, 0.5) is 0 Å². The number of hydrogen-bond donors (Lipinski definition) is 2. The van der Waals surface area contributed by atoms with Gasteiger partial charge in [0.2, 0.25) is 0 Å². The largest absolute Gasteiger partial charge is 0.391 e. The van der Waals surface area contributed by atoms with Crippen molar-refractivity contribution in [3.8, 4) is 0 Å². The maximum atomic E-state index is 9.62. The van der Waals surface area contributed by atoms with Crippen LogP contribution in [0.3, 0.4) is 0 Å². The van der Waals surface area contributed by atoms with Crippen molar-refractivity contribution in [2.24, 2.45) is 5.11 Å². The maximum absolute atomic E-state index is 9.62. The van der Waals surface area contributed by atoms with Crippen LogP contribution >= 0.6 is 0 Å². The van der Waals surface area contributed by atoms with Gasteiger partial charge < -0.3 is 19.7 Å². The molecule has 7 nitrogen and oxygen atoms in total. The van der Waals surface area contributed by atoms with Gasteiger partial charge in [0.1, 0.15) is 12.1 Å². The highest BCUT2D eigenvalue weighted by molar-refractivity contribution is 4.94. The third-order valence-corrected chi connectivity index (χ3v) is 2.15. The Balaban J connectivity index is 2.78. The van der Waals surface area contributed by atoms with Crippen LogP contribution in [-0.4, -0.2) is 48.0 Å². The molecule has 80 valence electrons. The second-order valence-corrected chi connectivity index (χ2v) is 3.13. The fourth-order valence-electron chi connectivity index (χ4n) is 1.45. The SMILES string of the molecule is COC1O[C@H]([C@H](C)O)[C@@H](O)[C@H]1N=[N+]=[N-]. The molecule has 1 rings (SSSR count). The van der Waals surface area contributed by atoms with Crippen molar-refractivity contribution < 1.29 is 19.7 Å². The Labute approximate surface area is 80.9 Å². The van der Waals surface area contributed by atoms with Crippen LogP contribution in [0.15, 0.2) is 5.11 Å². The number of methoxy groups -OCH3 is 1. The molecule has 1 unspecified atom stereocenters. The van der Waals surface area contributed by atoms with Crippen LogP contribution in [0.2, 0.25) is 0 Å². The van der Waals surface area contributed by atoms with Gasteiger partial charge in [-0.2, -0.15) is 0 Å². The van der Waals surface area contributed by atoms with Crippen molar-refractivity contribution >= 4 is 0 Å². The number of aliphatic hydroxyl groups excluding tert-OH is 2. The minimum absolute atomic E-state index is 0.782. The Morgan fingerprint density at radius 3 is 2.71 bits per heavy atom. The molecule has 0 radical (unpaired) electrons. The molecule has 0 amide bonds. The molecule has 2 N–H and O–H groups in total. The van der Waals surface area contributed by atoms with E-state index in [4.69, 9.17) is 15.0 Å². The molecule has 1 fully saturated rings. The zero-order chi connectivity index (χ0) is 10.7. The maximum Gasteiger partial charge on any atom is 0.168 e. The lowest BCUT2D eigenvalue weighted by Crippen LogP contribution is -2.36. The van der Waals surface area contributed by atoms with E-state index in [1.807, 2.05) is 0 Å². The molecule has 14 heavy (non-hydrogen) atoms. The van der Waals surface area contributed by atoms with Crippen LogP contribution in [0.5, 0.6) is 0 Å². The van der Waals surface area contributed by atoms with E-state index in [0.717, 1.165) is 0 Å². The highest BCUT2D eigenvalue weighted by Gasteiger charge is 2.45. The van der Waals surface area contributed by atoms with E-state index in [1.54, 1.807) is 0 Å². The van der Waals surface area contributed by atoms with Crippen molar-refractivity contribution in [1.29, 1.82) is 0 Å². The molecule has 0 saturated carbocycles. The molecular weight excluding hydrogens is 190 g/mol. The lowest BCUT2D eigenvalue weighted by Gasteiger charge is -2.16. The second kappa shape index (κ2) is 4.59. The molecule has 7 heteroatoms. The average Bonchev–Trinajstić information content (AvgIpc) is 2.45. The fraction of sp³-hybridized carbons (Fsp3) is 1.00. The molecular formula is C7H13N3O4. The van der Waals surface area contributed by atoms with Crippen molar-refractivity contribution in [3.63, 3.8) is 0 Å². The van der Waals surface area contributed by atoms with E-state index in [0.29, 0.717) is 0 Å². The van der Waals surface area contributed by atoms with Crippen LogP contribution in [0.1, 0.15) is 6.92 Å². The molecule has 1 aliphatic rings. The third-order valence-electron chi connectivity index (χ3n) is 2.15. The number of nitrogens with zero attached hydrogens (tertiary/aromatic N) is 3. The summed E-state index contributed by atoms with van der Waals surface area (Å²) in [4.78, 5) is 2.58. The molecule has 0 bridgehead atoms. The van der Waals surface area contributed by atoms with Crippen molar-refractivity contribution in [2.45, 2.75) is 37.6 Å². The van der Waals surface area contributed by atoms with Gasteiger partial charge in [0, 0.05) is 12.0 Å². The monoisotopic (exact) mass is 203 g/mol. The molecule has 0 spiro atoms. The smallest absolute Gasteiger partial charge is 0.168 e. The van der Waals surface area contributed by atoms with Gasteiger partial charge >= 0.3 is 0 Å². The van der Waals surface area contributed by atoms with Gasteiger partial charge in [-0.1, -0.05) is 5.11 Å². The summed E-state index contributed by atoms with van der Waals surface area (Å²) in [6, 6.07) is -0.815. The first-order valence-electron chi connectivity index (χ1n) is 4.20. The summed E-state index contributed by atoms with van der Waals surface area (Å²) in [6.45, 7) is 1.49. The van der Waals surface area contributed by atoms with Crippen LogP contribution in [0.25, 0.3) is 10.4 Å². The summed E-state index contributed by atoms with van der Waals surface area (Å²) in [6.07, 6.45) is -3.48. The number of rotatable bonds is 3. The molecule has 0 aliphatic carbocycles. The Bertz CT molecular complexity index is 241. The first-order valence-corrected chi connectivity index (χ1v) is 4.20. The highest BCUT2D eigenvalue weighted by Crippen LogP contribution is 2.26. The molecule has 1 aliphatic heterocycles. The van der Waals surface area contributed by atoms with E-state index < -0.39 is 30.6 Å². The van der Waals surface area contributed by atoms with Gasteiger partial charge in [-0.25, -0.2) is 0 Å². The molecule has 5 atom stereocenters. The minimum atomic E-state index is -1.05. The third kappa shape index (κ3) is 1.97. The van der Waals surface area contributed by atoms with E-state index in [1.165, 1.54) is 14.0 Å². The van der Waals surface area contributed by atoms with E-state index in [-0.39, 0.29) is 0 Å². The summed E-state index contributed by atoms with van der Waals surface area (Å²) >= 11 is 0. The quantitative estimate of drug-likeness (QED) is 0.375. The molecule has 0 aromatic rings. The molecule has 1 saturated heterocycles. The summed E-state index contributed by atoms with van der Waals surface area (Å²) in [7, 11) is 1.38. The Morgan fingerprint density at radius 1 is 1.64 bits per heavy atom. The predicted molar refractivity (Wildman–Crippen MR) is 46.3 cm³/mol. The zero-order valence-corrected chi connectivity index (χ0v) is 7.94. The van der Waals surface area contributed by atoms with Crippen LogP contribution < -0.4 is 0 Å². The van der Waals surface area contributed by atoms with E-state index in [2.05, 4.69) is 10.0 Å². The van der Waals surface area contributed by atoms with Gasteiger partial charge in [-0.3, -0.25) is 0 Å². The number of azide groups is 1. The Kier molecular flexibility index (Phi) is 3.68. The molecule has 1 heterocycles. The van der Waals surface area contributed by atoms with Crippen molar-refractivity contribution in [2.75, 3.05) is 7.11 Å². The molecule has 0 aromatic heterocycles. The first kappa shape index (κ1) is 11.2. The molecule has 0 aromatic carbocycles. The summed E-state index contributed by atoms with van der Waals surface area (Å²) in [5, 5.41) is 22.2. The topological polar surface area (TPSA) is 108 Å². The Hall–Kier alpha value is -0.850. The first-order chi connectivity index (χ1) is 6.61. The van der Waals surface area contributed by atoms with Gasteiger partial charge in [-0.15, -0.1) is 0 Å². The normalized spacial score (nSPS) is 39.1. The van der Waals surface area contributed by atoms with Gasteiger partial charge in [0.25, 0.3) is 0 Å². The summed E-state index contributed by atoms with van der Waals surface area (Å²) in [5.74, 6) is 0. The highest BCUT2D eigenvalue weighted by atomic mass is 16.7. The van der Waals surface area contributed by atoms with E-state index >= 15 is 0 Å². The van der Waals surface area contributed by atoms with Gasteiger partial charge in [-0.05, 0) is 12.5 Å². The average molecular weight is 203 g/mol. The lowest BCUT2D eigenvalue weighted by atomic mass is 10.1. The standard InChI is InChI=1S/C7H13N3O4/c1-3(11)6-5(12)4(9-10-8)7(13-2)14-6/h3-7,11-12H,1-2H3/t3-,4+,5-,6+,7?/m0/s1. The number of hydrogen-bond acceptors (Lipinski definition) is 5. The van der Waals surface area contributed by atoms with Crippen molar-refractivity contribution in [3.05, 3.63) is 10.4 Å². The second-order valence-electron chi connectivity index (χ2n) is 3.13. The minimum Gasteiger partial charge on any atom is -0.391 e. The predicted octanol–water partition coefficient (Wildman–Crippen LogP) is -0.222. The van der Waals surface area contributed by atoms with E-state index in [9.17, 15) is 10.2 Å². The Morgan fingerprint density at radius 2 is 2.29 bits per heavy atom.